The van der Waals surface area contributed by atoms with Gasteiger partial charge in [-0.05, 0) is 12.1 Å². The first-order chi connectivity index (χ1) is 10.5. The van der Waals surface area contributed by atoms with Gasteiger partial charge in [-0.1, -0.05) is 0 Å². The molecule has 2 rings (SSSR count). The average Bonchev–Trinajstić information content (AvgIpc) is 2.54. The molecule has 0 aromatic heterocycles. The summed E-state index contributed by atoms with van der Waals surface area (Å²) in [6, 6.07) is 1.02. The number of benzene rings is 1. The lowest BCUT2D eigenvalue weighted by atomic mass is 10.2. The molecule has 2 amide bonds. The van der Waals surface area contributed by atoms with Crippen LogP contribution in [0.25, 0.3) is 0 Å². The van der Waals surface area contributed by atoms with Crippen LogP contribution in [0.2, 0.25) is 0 Å². The summed E-state index contributed by atoms with van der Waals surface area (Å²) >= 11 is 0. The van der Waals surface area contributed by atoms with Gasteiger partial charge in [0, 0.05) is 6.54 Å². The van der Waals surface area contributed by atoms with Crippen LogP contribution in [-0.4, -0.2) is 44.2 Å². The highest BCUT2D eigenvalue weighted by atomic mass is 19.2. The zero-order valence-electron chi connectivity index (χ0n) is 11.4. The van der Waals surface area contributed by atoms with Crippen molar-refractivity contribution in [3.8, 4) is 0 Å². The maximum atomic E-state index is 13.4. The molecule has 0 saturated carbocycles. The molecule has 6 nitrogen and oxygen atoms in total. The van der Waals surface area contributed by atoms with Gasteiger partial charge in [0.1, 0.15) is 6.04 Å². The summed E-state index contributed by atoms with van der Waals surface area (Å²) in [6.45, 7) is 0.769. The molecule has 9 heteroatoms. The van der Waals surface area contributed by atoms with Gasteiger partial charge in [-0.15, -0.1) is 0 Å². The topological polar surface area (TPSA) is 79.5 Å². The number of ether oxygens (including phenoxy) is 1. The molecule has 3 N–H and O–H groups in total. The number of rotatable bonds is 4. The number of amides is 2. The minimum Gasteiger partial charge on any atom is -0.378 e. The van der Waals surface area contributed by atoms with Crippen LogP contribution in [-0.2, 0) is 14.3 Å². The van der Waals surface area contributed by atoms with E-state index in [2.05, 4.69) is 10.6 Å². The Balaban J connectivity index is 1.85. The molecule has 0 aliphatic carbocycles. The molecule has 1 atom stereocenters. The zero-order chi connectivity index (χ0) is 16.1. The van der Waals surface area contributed by atoms with E-state index in [1.807, 2.05) is 5.32 Å². The predicted octanol–water partition coefficient (Wildman–Crippen LogP) is 0.147. The van der Waals surface area contributed by atoms with Crippen molar-refractivity contribution in [3.63, 3.8) is 0 Å². The number of anilines is 1. The third kappa shape index (κ3) is 3.95. The van der Waals surface area contributed by atoms with E-state index in [1.165, 1.54) is 0 Å². The maximum absolute atomic E-state index is 13.4. The molecule has 0 spiro atoms. The fraction of sp³-hybridized carbons (Fsp3) is 0.385. The molecular formula is C13H14F3N3O3. The van der Waals surface area contributed by atoms with Gasteiger partial charge in [-0.25, -0.2) is 13.2 Å². The van der Waals surface area contributed by atoms with E-state index in [9.17, 15) is 22.8 Å². The standard InChI is InChI=1S/C13H14F3N3O3/c14-7-1-2-8(12(16)11(7)15)19-10(20)5-18-13(21)9-6-22-4-3-17-9/h1-2,9,17H,3-6H2,(H,18,21)(H,19,20). The molecule has 1 saturated heterocycles. The van der Waals surface area contributed by atoms with Crippen LogP contribution in [0.3, 0.4) is 0 Å². The van der Waals surface area contributed by atoms with Crippen LogP contribution >= 0.6 is 0 Å². The van der Waals surface area contributed by atoms with E-state index >= 15 is 0 Å². The van der Waals surface area contributed by atoms with Gasteiger partial charge in [-0.3, -0.25) is 9.59 Å². The van der Waals surface area contributed by atoms with Crippen molar-refractivity contribution in [2.24, 2.45) is 0 Å². The number of hydrogen-bond donors (Lipinski definition) is 3. The molecule has 1 aromatic rings. The molecule has 1 heterocycles. The molecule has 0 radical (unpaired) electrons. The number of carbonyl (C=O) groups excluding carboxylic acids is 2. The summed E-state index contributed by atoms with van der Waals surface area (Å²) in [5, 5.41) is 7.28. The lowest BCUT2D eigenvalue weighted by molar-refractivity contribution is -0.128. The van der Waals surface area contributed by atoms with E-state index < -0.39 is 47.5 Å². The Labute approximate surface area is 124 Å². The van der Waals surface area contributed by atoms with Crippen LogP contribution in [0.1, 0.15) is 0 Å². The molecule has 1 fully saturated rings. The quantitative estimate of drug-likeness (QED) is 0.691. The molecule has 1 aromatic carbocycles. The monoisotopic (exact) mass is 317 g/mol. The van der Waals surface area contributed by atoms with Crippen LogP contribution < -0.4 is 16.0 Å². The Morgan fingerprint density at radius 3 is 2.73 bits per heavy atom. The highest BCUT2D eigenvalue weighted by molar-refractivity contribution is 5.95. The van der Waals surface area contributed by atoms with Crippen molar-refractivity contribution in [3.05, 3.63) is 29.6 Å². The van der Waals surface area contributed by atoms with Crippen LogP contribution in [0.15, 0.2) is 12.1 Å². The summed E-state index contributed by atoms with van der Waals surface area (Å²) in [4.78, 5) is 23.3. The molecule has 120 valence electrons. The van der Waals surface area contributed by atoms with Gasteiger partial charge in [0.2, 0.25) is 11.8 Å². The fourth-order valence-corrected chi connectivity index (χ4v) is 1.84. The van der Waals surface area contributed by atoms with E-state index in [0.717, 1.165) is 6.07 Å². The smallest absolute Gasteiger partial charge is 0.243 e. The average molecular weight is 317 g/mol. The van der Waals surface area contributed by atoms with Gasteiger partial charge >= 0.3 is 0 Å². The van der Waals surface area contributed by atoms with Crippen molar-refractivity contribution in [1.82, 2.24) is 10.6 Å². The van der Waals surface area contributed by atoms with Crippen molar-refractivity contribution in [2.75, 3.05) is 31.6 Å². The third-order valence-electron chi connectivity index (χ3n) is 2.97. The number of hydrogen-bond acceptors (Lipinski definition) is 4. The number of carbonyl (C=O) groups is 2. The van der Waals surface area contributed by atoms with E-state index in [4.69, 9.17) is 4.74 Å². The Morgan fingerprint density at radius 1 is 1.27 bits per heavy atom. The second-order valence-electron chi connectivity index (χ2n) is 4.57. The Bertz CT molecular complexity index is 577. The Kier molecular flexibility index (Phi) is 5.34. The van der Waals surface area contributed by atoms with Crippen molar-refractivity contribution < 1.29 is 27.5 Å². The van der Waals surface area contributed by atoms with Crippen LogP contribution in [0.4, 0.5) is 18.9 Å². The first-order valence-electron chi connectivity index (χ1n) is 6.51. The molecule has 1 unspecified atom stereocenters. The molecular weight excluding hydrogens is 303 g/mol. The van der Waals surface area contributed by atoms with Crippen LogP contribution in [0, 0.1) is 17.5 Å². The number of halogens is 3. The van der Waals surface area contributed by atoms with Crippen molar-refractivity contribution in [1.29, 1.82) is 0 Å². The first-order valence-corrected chi connectivity index (χ1v) is 6.51. The number of nitrogens with one attached hydrogen (secondary N) is 3. The second kappa shape index (κ2) is 7.23. The molecule has 22 heavy (non-hydrogen) atoms. The van der Waals surface area contributed by atoms with E-state index in [1.54, 1.807) is 0 Å². The lowest BCUT2D eigenvalue weighted by Gasteiger charge is -2.22. The highest BCUT2D eigenvalue weighted by Crippen LogP contribution is 2.19. The Hall–Kier alpha value is -2.13. The summed E-state index contributed by atoms with van der Waals surface area (Å²) in [5.41, 5.74) is -0.503. The zero-order valence-corrected chi connectivity index (χ0v) is 11.4. The largest absolute Gasteiger partial charge is 0.378 e. The first kappa shape index (κ1) is 16.2. The highest BCUT2D eigenvalue weighted by Gasteiger charge is 2.21. The maximum Gasteiger partial charge on any atom is 0.243 e. The lowest BCUT2D eigenvalue weighted by Crippen LogP contribution is -2.52. The summed E-state index contributed by atoms with van der Waals surface area (Å²) in [5.74, 6) is -5.74. The van der Waals surface area contributed by atoms with Crippen molar-refractivity contribution in [2.45, 2.75) is 6.04 Å². The summed E-state index contributed by atoms with van der Waals surface area (Å²) in [6.07, 6.45) is 0. The summed E-state index contributed by atoms with van der Waals surface area (Å²) < 4.78 is 44.2. The SMILES string of the molecule is O=C(CNC(=O)C1COCCN1)Nc1ccc(F)c(F)c1F. The fourth-order valence-electron chi connectivity index (χ4n) is 1.84. The van der Waals surface area contributed by atoms with Crippen LogP contribution in [0.5, 0.6) is 0 Å². The van der Waals surface area contributed by atoms with Gasteiger partial charge < -0.3 is 20.7 Å². The van der Waals surface area contributed by atoms with Crippen molar-refractivity contribution >= 4 is 17.5 Å². The van der Waals surface area contributed by atoms with E-state index in [0.29, 0.717) is 19.2 Å². The molecule has 1 aliphatic heterocycles. The summed E-state index contributed by atoms with van der Waals surface area (Å²) in [7, 11) is 0. The minimum absolute atomic E-state index is 0.186. The van der Waals surface area contributed by atoms with Gasteiger partial charge in [0.15, 0.2) is 17.5 Å². The third-order valence-corrected chi connectivity index (χ3v) is 2.97. The van der Waals surface area contributed by atoms with Gasteiger partial charge in [0.05, 0.1) is 25.4 Å². The van der Waals surface area contributed by atoms with E-state index in [-0.39, 0.29) is 6.61 Å². The predicted molar refractivity (Wildman–Crippen MR) is 70.6 cm³/mol. The minimum atomic E-state index is -1.68. The molecule has 1 aliphatic rings. The second-order valence-corrected chi connectivity index (χ2v) is 4.57. The molecule has 0 bridgehead atoms. The Morgan fingerprint density at radius 2 is 2.05 bits per heavy atom. The van der Waals surface area contributed by atoms with Gasteiger partial charge in [0.25, 0.3) is 0 Å². The normalized spacial score (nSPS) is 17.9. The number of morpholine rings is 1. The van der Waals surface area contributed by atoms with Gasteiger partial charge in [-0.2, -0.15) is 0 Å².